The first-order valence-electron chi connectivity index (χ1n) is 6.44. The average molecular weight is 252 g/mol. The third kappa shape index (κ3) is 16.1. The molecule has 0 aromatic rings. The van der Waals surface area contributed by atoms with Crippen LogP contribution in [0.1, 0.15) is 72.6 Å². The molecule has 0 atom stereocenters. The van der Waals surface area contributed by atoms with E-state index in [9.17, 15) is 9.59 Å². The Morgan fingerprint density at radius 1 is 1.00 bits per heavy atom. The van der Waals surface area contributed by atoms with Crippen molar-refractivity contribution in [3.63, 3.8) is 0 Å². The van der Waals surface area contributed by atoms with Crippen molar-refractivity contribution >= 4 is 12.4 Å². The molecule has 0 amide bonds. The predicted octanol–water partition coefficient (Wildman–Crippen LogP) is 0.723. The van der Waals surface area contributed by atoms with Crippen molar-refractivity contribution in [3.8, 4) is 0 Å². The Bertz CT molecular complexity index is 189. The molecule has 0 aliphatic carbocycles. The molecule has 0 saturated carbocycles. The zero-order valence-electron chi connectivity index (χ0n) is 12.4. The third-order valence-electron chi connectivity index (χ3n) is 2.66. The van der Waals surface area contributed by atoms with Gasteiger partial charge in [-0.3, -0.25) is 9.59 Å². The molecule has 0 aliphatic heterocycles. The minimum atomic E-state index is -0.405. The van der Waals surface area contributed by atoms with Crippen LogP contribution in [-0.4, -0.2) is 12.4 Å². The van der Waals surface area contributed by atoms with E-state index in [1.165, 1.54) is 44.9 Å². The predicted molar refractivity (Wildman–Crippen MR) is 65.1 cm³/mol. The van der Waals surface area contributed by atoms with Crippen molar-refractivity contribution < 1.29 is 45.3 Å². The Morgan fingerprint density at radius 2 is 1.47 bits per heavy atom. The number of carbonyl (C=O) groups is 2. The summed E-state index contributed by atoms with van der Waals surface area (Å²) in [5, 5.41) is 0. The van der Waals surface area contributed by atoms with Crippen LogP contribution < -0.4 is 29.6 Å². The van der Waals surface area contributed by atoms with E-state index in [-0.39, 0.29) is 37.5 Å². The maximum atomic E-state index is 10.8. The van der Waals surface area contributed by atoms with Crippen LogP contribution in [0, 0.1) is 0 Å². The summed E-state index contributed by atoms with van der Waals surface area (Å²) in [6, 6.07) is 0. The minimum Gasteiger partial charge on any atom is -1.00 e. The van der Waals surface area contributed by atoms with Gasteiger partial charge in [0.2, 0.25) is 0 Å². The summed E-state index contributed by atoms with van der Waals surface area (Å²) < 4.78 is 4.19. The van der Waals surface area contributed by atoms with Crippen LogP contribution in [-0.2, 0) is 14.3 Å². The number of esters is 1. The monoisotopic (exact) mass is 252 g/mol. The van der Waals surface area contributed by atoms with E-state index < -0.39 is 5.97 Å². The second kappa shape index (κ2) is 16.1. The zero-order valence-corrected chi connectivity index (χ0v) is 13.4. The molecule has 4 heteroatoms. The van der Waals surface area contributed by atoms with E-state index in [1.54, 1.807) is 0 Å². The molecule has 0 aromatic carbocycles. The Hall–Kier alpha value is 0.140. The molecule has 0 heterocycles. The Morgan fingerprint density at radius 3 is 1.94 bits per heavy atom. The van der Waals surface area contributed by atoms with E-state index in [0.29, 0.717) is 6.42 Å². The van der Waals surface area contributed by atoms with Gasteiger partial charge in [0.1, 0.15) is 0 Å². The van der Waals surface area contributed by atoms with Gasteiger partial charge in [0, 0.05) is 6.42 Å². The molecular formula is C13H25NaO3. The second-order valence-corrected chi connectivity index (χ2v) is 4.16. The first kappa shape index (κ1) is 19.5. The van der Waals surface area contributed by atoms with Gasteiger partial charge in [0.25, 0.3) is 0 Å². The molecule has 96 valence electrons. The van der Waals surface area contributed by atoms with E-state index in [4.69, 9.17) is 0 Å². The van der Waals surface area contributed by atoms with Crippen molar-refractivity contribution in [1.82, 2.24) is 0 Å². The number of rotatable bonds is 11. The smallest absolute Gasteiger partial charge is 1.00 e. The maximum Gasteiger partial charge on any atom is 1.00 e. The van der Waals surface area contributed by atoms with Gasteiger partial charge >= 0.3 is 42.0 Å². The van der Waals surface area contributed by atoms with Gasteiger partial charge in [-0.1, -0.05) is 58.3 Å². The van der Waals surface area contributed by atoms with Crippen molar-refractivity contribution in [3.05, 3.63) is 0 Å². The number of unbranched alkanes of at least 4 members (excludes halogenated alkanes) is 8. The van der Waals surface area contributed by atoms with Crippen LogP contribution in [0.3, 0.4) is 0 Å². The third-order valence-corrected chi connectivity index (χ3v) is 2.66. The SMILES string of the molecule is CCCCCCCCCCCC(=O)OC=O.[H-].[Na+]. The van der Waals surface area contributed by atoms with Gasteiger partial charge in [-0.05, 0) is 6.42 Å². The molecule has 0 saturated heterocycles. The zero-order chi connectivity index (χ0) is 12.1. The van der Waals surface area contributed by atoms with E-state index in [2.05, 4.69) is 11.7 Å². The summed E-state index contributed by atoms with van der Waals surface area (Å²) in [6.07, 6.45) is 11.3. The molecule has 0 rings (SSSR count). The summed E-state index contributed by atoms with van der Waals surface area (Å²) in [4.78, 5) is 20.6. The number of ether oxygens (including phenoxy) is 1. The Balaban J connectivity index is -0.00000112. The van der Waals surface area contributed by atoms with Gasteiger partial charge in [0.05, 0.1) is 0 Å². The van der Waals surface area contributed by atoms with Crippen LogP contribution in [0.4, 0.5) is 0 Å². The molecule has 3 nitrogen and oxygen atoms in total. The van der Waals surface area contributed by atoms with Gasteiger partial charge in [-0.2, -0.15) is 0 Å². The summed E-state index contributed by atoms with van der Waals surface area (Å²) >= 11 is 0. The molecule has 0 radical (unpaired) electrons. The fourth-order valence-corrected chi connectivity index (χ4v) is 1.69. The Labute approximate surface area is 128 Å². The largest absolute Gasteiger partial charge is 1.00 e. The standard InChI is InChI=1S/C13H24O3.Na.H/c1-2-3-4-5-6-7-8-9-10-11-13(15)16-12-14;;/h12H,2-11H2,1H3;;/q;+1;-1. The normalized spacial score (nSPS) is 9.47. The molecule has 0 fully saturated rings. The first-order valence-corrected chi connectivity index (χ1v) is 6.44. The first-order chi connectivity index (χ1) is 7.81. The summed E-state index contributed by atoms with van der Waals surface area (Å²) in [6.45, 7) is 2.43. The molecule has 0 aromatic heterocycles. The quantitative estimate of drug-likeness (QED) is 0.179. The summed E-state index contributed by atoms with van der Waals surface area (Å²) in [5.74, 6) is -0.405. The van der Waals surface area contributed by atoms with Gasteiger partial charge in [0.15, 0.2) is 0 Å². The van der Waals surface area contributed by atoms with Crippen LogP contribution in [0.25, 0.3) is 0 Å². The number of hydrogen-bond acceptors (Lipinski definition) is 3. The fourth-order valence-electron chi connectivity index (χ4n) is 1.69. The molecule has 0 bridgehead atoms. The maximum absolute atomic E-state index is 10.8. The van der Waals surface area contributed by atoms with Crippen LogP contribution in [0.2, 0.25) is 0 Å². The Kier molecular flexibility index (Phi) is 18.5. The van der Waals surface area contributed by atoms with Crippen molar-refractivity contribution in [2.75, 3.05) is 0 Å². The van der Waals surface area contributed by atoms with Gasteiger partial charge in [-0.15, -0.1) is 0 Å². The van der Waals surface area contributed by atoms with Crippen LogP contribution >= 0.6 is 0 Å². The number of carbonyl (C=O) groups excluding carboxylic acids is 2. The topological polar surface area (TPSA) is 43.4 Å². The molecule has 17 heavy (non-hydrogen) atoms. The van der Waals surface area contributed by atoms with E-state index >= 15 is 0 Å². The molecule has 0 N–H and O–H groups in total. The van der Waals surface area contributed by atoms with Crippen LogP contribution in [0.5, 0.6) is 0 Å². The van der Waals surface area contributed by atoms with Crippen molar-refractivity contribution in [1.29, 1.82) is 0 Å². The van der Waals surface area contributed by atoms with Crippen LogP contribution in [0.15, 0.2) is 0 Å². The minimum absolute atomic E-state index is 0. The average Bonchev–Trinajstić information content (AvgIpc) is 2.27. The molecule has 0 unspecified atom stereocenters. The fraction of sp³-hybridized carbons (Fsp3) is 0.846. The van der Waals surface area contributed by atoms with E-state index in [0.717, 1.165) is 12.8 Å². The van der Waals surface area contributed by atoms with Gasteiger partial charge in [-0.25, -0.2) is 0 Å². The second-order valence-electron chi connectivity index (χ2n) is 4.16. The van der Waals surface area contributed by atoms with E-state index in [1.807, 2.05) is 0 Å². The van der Waals surface area contributed by atoms with Crippen molar-refractivity contribution in [2.24, 2.45) is 0 Å². The summed E-state index contributed by atoms with van der Waals surface area (Å²) in [5.41, 5.74) is 0. The molecule has 0 aliphatic rings. The summed E-state index contributed by atoms with van der Waals surface area (Å²) in [7, 11) is 0. The molecular weight excluding hydrogens is 227 g/mol. The van der Waals surface area contributed by atoms with Crippen molar-refractivity contribution in [2.45, 2.75) is 71.1 Å². The van der Waals surface area contributed by atoms with Gasteiger partial charge < -0.3 is 6.16 Å². The molecule has 0 spiro atoms. The number of hydrogen-bond donors (Lipinski definition) is 0.